The third-order valence-electron chi connectivity index (χ3n) is 2.29. The minimum atomic E-state index is 0.186. The molecule has 1 unspecified atom stereocenters. The molecule has 0 spiro atoms. The zero-order chi connectivity index (χ0) is 11.3. The second-order valence-electron chi connectivity index (χ2n) is 3.77. The van der Waals surface area contributed by atoms with Gasteiger partial charge in [0.05, 0.1) is 6.10 Å². The minimum absolute atomic E-state index is 0.186. The summed E-state index contributed by atoms with van der Waals surface area (Å²) in [5, 5.41) is 0.710. The maximum atomic E-state index is 5.90. The van der Waals surface area contributed by atoms with Crippen LogP contribution < -0.4 is 10.5 Å². The van der Waals surface area contributed by atoms with Crippen molar-refractivity contribution in [1.82, 2.24) is 0 Å². The van der Waals surface area contributed by atoms with Crippen LogP contribution in [0.15, 0.2) is 18.2 Å². The standard InChI is InChI=1S/C12H18ClNO/c1-9-5-6-11(13)8-12(9)15-10(2)4-3-7-14/h5-6,8,10H,3-4,7,14H2,1-2H3. The van der Waals surface area contributed by atoms with Crippen molar-refractivity contribution in [2.24, 2.45) is 5.73 Å². The first-order valence-corrected chi connectivity index (χ1v) is 5.64. The van der Waals surface area contributed by atoms with Gasteiger partial charge in [-0.05, 0) is 50.9 Å². The van der Waals surface area contributed by atoms with Crippen molar-refractivity contribution < 1.29 is 4.74 Å². The minimum Gasteiger partial charge on any atom is -0.490 e. The smallest absolute Gasteiger partial charge is 0.124 e. The fraction of sp³-hybridized carbons (Fsp3) is 0.500. The maximum absolute atomic E-state index is 5.90. The van der Waals surface area contributed by atoms with Gasteiger partial charge in [-0.2, -0.15) is 0 Å². The molecule has 0 bridgehead atoms. The highest BCUT2D eigenvalue weighted by Crippen LogP contribution is 2.24. The Bertz CT molecular complexity index is 314. The van der Waals surface area contributed by atoms with E-state index in [4.69, 9.17) is 22.1 Å². The second kappa shape index (κ2) is 5.99. The van der Waals surface area contributed by atoms with Crippen LogP contribution in [0, 0.1) is 6.92 Å². The van der Waals surface area contributed by atoms with Gasteiger partial charge >= 0.3 is 0 Å². The summed E-state index contributed by atoms with van der Waals surface area (Å²) >= 11 is 5.90. The quantitative estimate of drug-likeness (QED) is 0.839. The lowest BCUT2D eigenvalue weighted by molar-refractivity contribution is 0.207. The molecule has 0 saturated carbocycles. The summed E-state index contributed by atoms with van der Waals surface area (Å²) in [5.41, 5.74) is 6.56. The molecule has 0 saturated heterocycles. The van der Waals surface area contributed by atoms with Crippen molar-refractivity contribution >= 4 is 11.6 Å². The predicted molar refractivity (Wildman–Crippen MR) is 64.6 cm³/mol. The first kappa shape index (κ1) is 12.3. The van der Waals surface area contributed by atoms with Gasteiger partial charge in [0.25, 0.3) is 0 Å². The molecule has 0 heterocycles. The normalized spacial score (nSPS) is 12.5. The summed E-state index contributed by atoms with van der Waals surface area (Å²) in [7, 11) is 0. The van der Waals surface area contributed by atoms with Gasteiger partial charge < -0.3 is 10.5 Å². The number of halogens is 1. The largest absolute Gasteiger partial charge is 0.490 e. The van der Waals surface area contributed by atoms with Crippen molar-refractivity contribution in [2.45, 2.75) is 32.8 Å². The Hall–Kier alpha value is -0.730. The van der Waals surface area contributed by atoms with Crippen molar-refractivity contribution in [3.8, 4) is 5.75 Å². The van der Waals surface area contributed by atoms with Crippen molar-refractivity contribution in [1.29, 1.82) is 0 Å². The fourth-order valence-electron chi connectivity index (χ4n) is 1.38. The molecule has 3 heteroatoms. The summed E-state index contributed by atoms with van der Waals surface area (Å²) in [6.07, 6.45) is 2.15. The molecule has 0 radical (unpaired) electrons. The summed E-state index contributed by atoms with van der Waals surface area (Å²) < 4.78 is 5.79. The second-order valence-corrected chi connectivity index (χ2v) is 4.21. The van der Waals surface area contributed by atoms with Gasteiger partial charge in [0, 0.05) is 5.02 Å². The van der Waals surface area contributed by atoms with E-state index in [1.165, 1.54) is 0 Å². The van der Waals surface area contributed by atoms with Crippen molar-refractivity contribution in [3.63, 3.8) is 0 Å². The number of ether oxygens (including phenoxy) is 1. The van der Waals surface area contributed by atoms with Crippen LogP contribution in [0.3, 0.4) is 0 Å². The number of hydrogen-bond donors (Lipinski definition) is 1. The molecule has 0 aliphatic carbocycles. The average molecular weight is 228 g/mol. The van der Waals surface area contributed by atoms with Gasteiger partial charge in [0.2, 0.25) is 0 Å². The van der Waals surface area contributed by atoms with Crippen LogP contribution in [0.25, 0.3) is 0 Å². The Morgan fingerprint density at radius 1 is 1.47 bits per heavy atom. The van der Waals surface area contributed by atoms with Crippen molar-refractivity contribution in [2.75, 3.05) is 6.54 Å². The number of hydrogen-bond acceptors (Lipinski definition) is 2. The highest BCUT2D eigenvalue weighted by atomic mass is 35.5. The van der Waals surface area contributed by atoms with Gasteiger partial charge in [-0.3, -0.25) is 0 Å². The zero-order valence-electron chi connectivity index (χ0n) is 9.29. The van der Waals surface area contributed by atoms with Crippen LogP contribution in [-0.2, 0) is 0 Å². The first-order chi connectivity index (χ1) is 7.13. The topological polar surface area (TPSA) is 35.2 Å². The molecule has 0 aliphatic rings. The van der Waals surface area contributed by atoms with Gasteiger partial charge in [-0.15, -0.1) is 0 Å². The van der Waals surface area contributed by atoms with Crippen LogP contribution in [0.5, 0.6) is 5.75 Å². The zero-order valence-corrected chi connectivity index (χ0v) is 10.1. The Morgan fingerprint density at radius 3 is 2.87 bits per heavy atom. The molecule has 0 aliphatic heterocycles. The average Bonchev–Trinajstić information content (AvgIpc) is 2.20. The molecule has 0 aromatic heterocycles. The Labute approximate surface area is 96.4 Å². The van der Waals surface area contributed by atoms with Crippen LogP contribution >= 0.6 is 11.6 Å². The molecule has 2 N–H and O–H groups in total. The third-order valence-corrected chi connectivity index (χ3v) is 2.53. The van der Waals surface area contributed by atoms with Crippen LogP contribution in [-0.4, -0.2) is 12.6 Å². The number of rotatable bonds is 5. The highest BCUT2D eigenvalue weighted by Gasteiger charge is 2.06. The van der Waals surface area contributed by atoms with Crippen LogP contribution in [0.1, 0.15) is 25.3 Å². The van der Waals surface area contributed by atoms with E-state index in [1.807, 2.05) is 25.1 Å². The molecule has 0 amide bonds. The highest BCUT2D eigenvalue weighted by molar-refractivity contribution is 6.30. The van der Waals surface area contributed by atoms with Gasteiger partial charge in [0.15, 0.2) is 0 Å². The van der Waals surface area contributed by atoms with E-state index in [9.17, 15) is 0 Å². The molecular weight excluding hydrogens is 210 g/mol. The van der Waals surface area contributed by atoms with E-state index in [0.29, 0.717) is 11.6 Å². The van der Waals surface area contributed by atoms with Crippen molar-refractivity contribution in [3.05, 3.63) is 28.8 Å². The Balaban J connectivity index is 2.59. The van der Waals surface area contributed by atoms with Gasteiger partial charge in [-0.1, -0.05) is 17.7 Å². The lowest BCUT2D eigenvalue weighted by atomic mass is 10.2. The number of benzene rings is 1. The van der Waals surface area contributed by atoms with Gasteiger partial charge in [0.1, 0.15) is 5.75 Å². The fourth-order valence-corrected chi connectivity index (χ4v) is 1.54. The van der Waals surface area contributed by atoms with E-state index in [-0.39, 0.29) is 6.10 Å². The molecule has 2 nitrogen and oxygen atoms in total. The van der Waals surface area contributed by atoms with Gasteiger partial charge in [-0.25, -0.2) is 0 Å². The Kier molecular flexibility index (Phi) is 4.92. The van der Waals surface area contributed by atoms with E-state index in [0.717, 1.165) is 24.2 Å². The molecule has 15 heavy (non-hydrogen) atoms. The molecule has 84 valence electrons. The Morgan fingerprint density at radius 2 is 2.20 bits per heavy atom. The molecule has 1 aromatic rings. The summed E-state index contributed by atoms with van der Waals surface area (Å²) in [6.45, 7) is 4.78. The lowest BCUT2D eigenvalue weighted by Crippen LogP contribution is -2.14. The summed E-state index contributed by atoms with van der Waals surface area (Å²) in [5.74, 6) is 0.868. The molecule has 0 fully saturated rings. The molecular formula is C12H18ClNO. The van der Waals surface area contributed by atoms with Crippen LogP contribution in [0.2, 0.25) is 5.02 Å². The summed E-state index contributed by atoms with van der Waals surface area (Å²) in [6, 6.07) is 5.69. The van der Waals surface area contributed by atoms with Crippen LogP contribution in [0.4, 0.5) is 0 Å². The maximum Gasteiger partial charge on any atom is 0.124 e. The van der Waals surface area contributed by atoms with E-state index < -0.39 is 0 Å². The van der Waals surface area contributed by atoms with E-state index >= 15 is 0 Å². The molecule has 1 atom stereocenters. The lowest BCUT2D eigenvalue weighted by Gasteiger charge is -2.16. The predicted octanol–water partition coefficient (Wildman–Crippen LogP) is 3.15. The van der Waals surface area contributed by atoms with E-state index in [2.05, 4.69) is 6.92 Å². The number of nitrogens with two attached hydrogens (primary N) is 1. The molecule has 1 aromatic carbocycles. The SMILES string of the molecule is Cc1ccc(Cl)cc1OC(C)CCCN. The van der Waals surface area contributed by atoms with E-state index in [1.54, 1.807) is 0 Å². The monoisotopic (exact) mass is 227 g/mol. The number of aryl methyl sites for hydroxylation is 1. The first-order valence-electron chi connectivity index (χ1n) is 5.26. The molecule has 1 rings (SSSR count). The summed E-state index contributed by atoms with van der Waals surface area (Å²) in [4.78, 5) is 0. The third kappa shape index (κ3) is 4.10.